The van der Waals surface area contributed by atoms with Crippen LogP contribution in [0.3, 0.4) is 0 Å². The molecule has 1 heterocycles. The number of rotatable bonds is 6. The number of hydrogen-bond acceptors (Lipinski definition) is 3. The first-order valence-corrected chi connectivity index (χ1v) is 13.3. The molecule has 4 aromatic rings. The van der Waals surface area contributed by atoms with Crippen molar-refractivity contribution in [3.05, 3.63) is 137 Å². The Morgan fingerprint density at radius 3 is 2.08 bits per heavy atom. The van der Waals surface area contributed by atoms with Gasteiger partial charge < -0.3 is 10.0 Å². The molecule has 0 amide bonds. The quantitative estimate of drug-likeness (QED) is 0.163. The maximum Gasteiger partial charge on any atom is 0.346 e. The molecule has 1 fully saturated rings. The van der Waals surface area contributed by atoms with Crippen LogP contribution in [0.25, 0.3) is 17.7 Å². The van der Waals surface area contributed by atoms with Gasteiger partial charge in [0.2, 0.25) is 0 Å². The van der Waals surface area contributed by atoms with E-state index in [0.29, 0.717) is 12.0 Å². The third kappa shape index (κ3) is 4.76. The summed E-state index contributed by atoms with van der Waals surface area (Å²) in [6.07, 6.45) is 7.12. The molecule has 4 nitrogen and oxygen atoms in total. The van der Waals surface area contributed by atoms with Gasteiger partial charge in [-0.2, -0.15) is 5.26 Å². The van der Waals surface area contributed by atoms with Crippen molar-refractivity contribution in [3.63, 3.8) is 0 Å². The van der Waals surface area contributed by atoms with Crippen LogP contribution in [0.15, 0.2) is 109 Å². The summed E-state index contributed by atoms with van der Waals surface area (Å²) >= 11 is 0. The minimum Gasteiger partial charge on any atom is -0.477 e. The smallest absolute Gasteiger partial charge is 0.346 e. The largest absolute Gasteiger partial charge is 0.477 e. The number of benzene rings is 4. The first-order valence-electron chi connectivity index (χ1n) is 13.3. The second-order valence-electron chi connectivity index (χ2n) is 10.1. The highest BCUT2D eigenvalue weighted by Crippen LogP contribution is 2.52. The molecule has 6 rings (SSSR count). The standard InChI is InChI=1S/C35H28N2O2/c36-23-28(35(38)39)20-25-16-19-34-32(22-25)30-12-7-13-33(30)37(34)29-17-14-24(15-18-29)21-31(26-8-3-1-4-9-26)27-10-5-2-6-11-27/h1-6,8-11,14-22,30,33H,7,12-13H2,(H,38,39)/b28-20+. The van der Waals surface area contributed by atoms with Crippen LogP contribution in [0.2, 0.25) is 0 Å². The molecule has 2 unspecified atom stereocenters. The number of carbonyl (C=O) groups is 1. The molecule has 2 atom stereocenters. The second kappa shape index (κ2) is 10.5. The lowest BCUT2D eigenvalue weighted by Crippen LogP contribution is -2.26. The third-order valence-corrected chi connectivity index (χ3v) is 7.84. The monoisotopic (exact) mass is 508 g/mol. The van der Waals surface area contributed by atoms with Crippen molar-refractivity contribution in [1.82, 2.24) is 0 Å². The molecule has 0 bridgehead atoms. The number of nitrogens with zero attached hydrogens (tertiary/aromatic N) is 2. The van der Waals surface area contributed by atoms with Gasteiger partial charge in [0.05, 0.1) is 0 Å². The van der Waals surface area contributed by atoms with E-state index in [4.69, 9.17) is 0 Å². The Morgan fingerprint density at radius 1 is 0.821 bits per heavy atom. The van der Waals surface area contributed by atoms with Crippen molar-refractivity contribution < 1.29 is 9.90 Å². The van der Waals surface area contributed by atoms with E-state index in [1.54, 1.807) is 6.07 Å². The van der Waals surface area contributed by atoms with Gasteiger partial charge in [0.15, 0.2) is 0 Å². The third-order valence-electron chi connectivity index (χ3n) is 7.84. The fourth-order valence-electron chi connectivity index (χ4n) is 6.08. The van der Waals surface area contributed by atoms with Gasteiger partial charge in [-0.15, -0.1) is 0 Å². The number of fused-ring (bicyclic) bond motifs is 3. The minimum absolute atomic E-state index is 0.248. The number of aliphatic carboxylic acids is 1. The van der Waals surface area contributed by atoms with Crippen molar-refractivity contribution in [2.24, 2.45) is 0 Å². The molecular weight excluding hydrogens is 480 g/mol. The normalized spacial score (nSPS) is 17.7. The van der Waals surface area contributed by atoms with Crippen LogP contribution in [0.1, 0.15) is 53.0 Å². The Balaban J connectivity index is 1.35. The van der Waals surface area contributed by atoms with E-state index in [1.165, 1.54) is 40.4 Å². The maximum atomic E-state index is 11.3. The van der Waals surface area contributed by atoms with Crippen molar-refractivity contribution in [2.75, 3.05) is 4.90 Å². The summed E-state index contributed by atoms with van der Waals surface area (Å²) in [5.74, 6) is -0.791. The Labute approximate surface area is 228 Å². The molecule has 1 saturated carbocycles. The molecular formula is C35H28N2O2. The molecule has 4 heteroatoms. The predicted octanol–water partition coefficient (Wildman–Crippen LogP) is 8.05. The van der Waals surface area contributed by atoms with E-state index in [2.05, 4.69) is 95.9 Å². The molecule has 0 saturated heterocycles. The Kier molecular flexibility index (Phi) is 6.57. The van der Waals surface area contributed by atoms with E-state index < -0.39 is 5.97 Å². The second-order valence-corrected chi connectivity index (χ2v) is 10.1. The lowest BCUT2D eigenvalue weighted by atomic mass is 9.95. The summed E-state index contributed by atoms with van der Waals surface area (Å²) in [4.78, 5) is 13.8. The first-order chi connectivity index (χ1) is 19.1. The molecule has 0 aromatic heterocycles. The number of anilines is 2. The molecule has 1 aliphatic heterocycles. The molecule has 1 aliphatic carbocycles. The lowest BCUT2D eigenvalue weighted by molar-refractivity contribution is -0.132. The number of hydrogen-bond donors (Lipinski definition) is 1. The average molecular weight is 509 g/mol. The highest BCUT2D eigenvalue weighted by Gasteiger charge is 2.42. The van der Waals surface area contributed by atoms with Gasteiger partial charge >= 0.3 is 5.97 Å². The van der Waals surface area contributed by atoms with Crippen LogP contribution in [-0.4, -0.2) is 17.1 Å². The summed E-state index contributed by atoms with van der Waals surface area (Å²) in [6.45, 7) is 0. The molecule has 0 spiro atoms. The van der Waals surface area contributed by atoms with Crippen molar-refractivity contribution in [1.29, 1.82) is 5.26 Å². The molecule has 2 aliphatic rings. The van der Waals surface area contributed by atoms with Crippen LogP contribution < -0.4 is 4.90 Å². The summed E-state index contributed by atoms with van der Waals surface area (Å²) in [6, 6.07) is 38.0. The highest BCUT2D eigenvalue weighted by molar-refractivity contribution is 5.96. The zero-order chi connectivity index (χ0) is 26.8. The number of carboxylic acid groups (broad SMARTS) is 1. The lowest BCUT2D eigenvalue weighted by Gasteiger charge is -2.27. The molecule has 0 radical (unpaired) electrons. The average Bonchev–Trinajstić information content (AvgIpc) is 3.57. The van der Waals surface area contributed by atoms with Gasteiger partial charge in [-0.05, 0) is 82.6 Å². The molecule has 4 aromatic carbocycles. The van der Waals surface area contributed by atoms with Gasteiger partial charge in [-0.25, -0.2) is 4.79 Å². The van der Waals surface area contributed by atoms with Crippen LogP contribution in [0.4, 0.5) is 11.4 Å². The van der Waals surface area contributed by atoms with Crippen molar-refractivity contribution in [2.45, 2.75) is 31.2 Å². The Morgan fingerprint density at radius 2 is 1.46 bits per heavy atom. The van der Waals surface area contributed by atoms with Gasteiger partial charge in [-0.3, -0.25) is 0 Å². The van der Waals surface area contributed by atoms with Crippen LogP contribution in [0.5, 0.6) is 0 Å². The van der Waals surface area contributed by atoms with Gasteiger partial charge in [0.1, 0.15) is 11.6 Å². The van der Waals surface area contributed by atoms with Crippen molar-refractivity contribution in [3.8, 4) is 6.07 Å². The summed E-state index contributed by atoms with van der Waals surface area (Å²) in [5.41, 5.74) is 8.78. The summed E-state index contributed by atoms with van der Waals surface area (Å²) < 4.78 is 0. The van der Waals surface area contributed by atoms with Gasteiger partial charge in [0.25, 0.3) is 0 Å². The van der Waals surface area contributed by atoms with Crippen molar-refractivity contribution >= 4 is 35.1 Å². The maximum absolute atomic E-state index is 11.3. The summed E-state index contributed by atoms with van der Waals surface area (Å²) in [5, 5.41) is 18.5. The van der Waals surface area contributed by atoms with Crippen LogP contribution >= 0.6 is 0 Å². The Bertz CT molecular complexity index is 1570. The predicted molar refractivity (Wildman–Crippen MR) is 156 cm³/mol. The van der Waals surface area contributed by atoms with Crippen LogP contribution in [0, 0.1) is 11.3 Å². The SMILES string of the molecule is N#C/C(=C\c1ccc2c(c1)C1CCCC1N2c1ccc(C=C(c2ccccc2)c2ccccc2)cc1)C(=O)O. The first kappa shape index (κ1) is 24.5. The van der Waals surface area contributed by atoms with E-state index in [9.17, 15) is 15.2 Å². The summed E-state index contributed by atoms with van der Waals surface area (Å²) in [7, 11) is 0. The zero-order valence-corrected chi connectivity index (χ0v) is 21.5. The minimum atomic E-state index is -1.20. The van der Waals surface area contributed by atoms with E-state index >= 15 is 0 Å². The zero-order valence-electron chi connectivity index (χ0n) is 21.5. The van der Waals surface area contributed by atoms with Gasteiger partial charge in [-0.1, -0.05) is 85.3 Å². The van der Waals surface area contributed by atoms with Crippen LogP contribution in [-0.2, 0) is 4.79 Å². The fourth-order valence-corrected chi connectivity index (χ4v) is 6.08. The number of nitriles is 1. The van der Waals surface area contributed by atoms with E-state index in [0.717, 1.165) is 29.7 Å². The number of carboxylic acids is 1. The molecule has 39 heavy (non-hydrogen) atoms. The Hall–Kier alpha value is -4.88. The van der Waals surface area contributed by atoms with Gasteiger partial charge in [0, 0.05) is 23.3 Å². The highest BCUT2D eigenvalue weighted by atomic mass is 16.4. The van der Waals surface area contributed by atoms with E-state index in [-0.39, 0.29) is 5.57 Å². The topological polar surface area (TPSA) is 64.3 Å². The molecule has 1 N–H and O–H groups in total. The fraction of sp³-hybridized carbons (Fsp3) is 0.143. The molecule has 190 valence electrons. The van der Waals surface area contributed by atoms with E-state index in [1.807, 2.05) is 18.2 Å².